The highest BCUT2D eigenvalue weighted by molar-refractivity contribution is 5.86. The first-order valence-electron chi connectivity index (χ1n) is 8.87. The summed E-state index contributed by atoms with van der Waals surface area (Å²) in [6, 6.07) is 2.50. The molecule has 0 spiro atoms. The number of nitrogens with one attached hydrogen (secondary N) is 1. The molecule has 1 saturated heterocycles. The summed E-state index contributed by atoms with van der Waals surface area (Å²) < 4.78 is 18.8. The largest absolute Gasteiger partial charge is 0.494 e. The molecule has 2 aromatic rings. The van der Waals surface area contributed by atoms with Gasteiger partial charge in [0.15, 0.2) is 17.6 Å². The number of carbonyl (C=O) groups excluding carboxylic acids is 1. The summed E-state index contributed by atoms with van der Waals surface area (Å²) in [4.78, 5) is 34.5. The number of anilines is 1. The second-order valence-electron chi connectivity index (χ2n) is 6.50. The van der Waals surface area contributed by atoms with E-state index in [1.165, 1.54) is 19.2 Å². The second kappa shape index (κ2) is 8.64. The van der Waals surface area contributed by atoms with E-state index in [-0.39, 0.29) is 23.1 Å². The number of benzene rings is 1. The number of nitrogens with zero attached hydrogens (tertiary/aromatic N) is 3. The van der Waals surface area contributed by atoms with Gasteiger partial charge < -0.3 is 20.1 Å². The maximum absolute atomic E-state index is 13.9. The summed E-state index contributed by atoms with van der Waals surface area (Å²) >= 11 is 0. The highest BCUT2D eigenvalue weighted by Crippen LogP contribution is 2.25. The molecule has 0 saturated carbocycles. The Hall–Kier alpha value is -3.23. The minimum atomic E-state index is -1.33. The number of methoxy groups -OCH3 is 1. The molecule has 1 aliphatic heterocycles. The Balaban J connectivity index is 1.64. The molecule has 0 radical (unpaired) electrons. The van der Waals surface area contributed by atoms with Crippen molar-refractivity contribution in [3.63, 3.8) is 0 Å². The van der Waals surface area contributed by atoms with E-state index in [0.717, 1.165) is 11.9 Å². The van der Waals surface area contributed by atoms with E-state index in [1.54, 1.807) is 18.6 Å². The summed E-state index contributed by atoms with van der Waals surface area (Å²) in [5.74, 6) is -1.86. The molecule has 148 valence electrons. The molecule has 2 N–H and O–H groups in total. The minimum absolute atomic E-state index is 0.00981. The fraction of sp³-hybridized carbons (Fsp3) is 0.368. The van der Waals surface area contributed by atoms with Gasteiger partial charge in [0.25, 0.3) is 0 Å². The molecule has 8 nitrogen and oxygen atoms in total. The Bertz CT molecular complexity index is 841. The molecule has 3 rings (SSSR count). The first-order valence-corrected chi connectivity index (χ1v) is 8.87. The molecule has 1 atom stereocenters. The maximum Gasteiger partial charge on any atom is 0.330 e. The molecule has 2 heterocycles. The zero-order valence-electron chi connectivity index (χ0n) is 15.3. The number of aliphatic carboxylic acids is 1. The number of aromatic nitrogens is 2. The van der Waals surface area contributed by atoms with Gasteiger partial charge in [-0.1, -0.05) is 6.07 Å². The van der Waals surface area contributed by atoms with E-state index in [2.05, 4.69) is 15.3 Å². The number of hydrogen-bond acceptors (Lipinski definition) is 6. The van der Waals surface area contributed by atoms with Crippen molar-refractivity contribution in [2.45, 2.75) is 18.9 Å². The van der Waals surface area contributed by atoms with Gasteiger partial charge >= 0.3 is 5.97 Å². The minimum Gasteiger partial charge on any atom is -0.494 e. The summed E-state index contributed by atoms with van der Waals surface area (Å²) in [6.45, 7) is 1.23. The van der Waals surface area contributed by atoms with Crippen LogP contribution in [-0.2, 0) is 9.59 Å². The predicted octanol–water partition coefficient (Wildman–Crippen LogP) is 1.78. The van der Waals surface area contributed by atoms with Crippen LogP contribution >= 0.6 is 0 Å². The third kappa shape index (κ3) is 4.36. The van der Waals surface area contributed by atoms with Gasteiger partial charge in [-0.05, 0) is 30.5 Å². The van der Waals surface area contributed by atoms with Crippen LogP contribution in [0.2, 0.25) is 0 Å². The highest BCUT2D eigenvalue weighted by Gasteiger charge is 2.30. The quantitative estimate of drug-likeness (QED) is 0.777. The SMILES string of the molecule is COc1ccc(C(NC(=O)C2CCN(c3cnccn3)CC2)C(=O)O)cc1F. The lowest BCUT2D eigenvalue weighted by molar-refractivity contribution is -0.142. The molecule has 1 aromatic heterocycles. The van der Waals surface area contributed by atoms with Crippen LogP contribution in [0.5, 0.6) is 5.75 Å². The lowest BCUT2D eigenvalue weighted by atomic mass is 9.95. The Morgan fingerprint density at radius 1 is 1.32 bits per heavy atom. The number of amides is 1. The molecule has 9 heteroatoms. The average molecular weight is 388 g/mol. The number of carbonyl (C=O) groups is 2. The summed E-state index contributed by atoms with van der Waals surface area (Å²) in [5.41, 5.74) is 0.149. The van der Waals surface area contributed by atoms with Crippen LogP contribution in [0, 0.1) is 11.7 Å². The standard InChI is InChI=1S/C19H21FN4O4/c1-28-15-3-2-13(10-14(15)20)17(19(26)27)23-18(25)12-4-8-24(9-5-12)16-11-21-6-7-22-16/h2-3,6-7,10-12,17H,4-5,8-9H2,1H3,(H,23,25)(H,26,27). The fourth-order valence-electron chi connectivity index (χ4n) is 3.24. The van der Waals surface area contributed by atoms with Crippen molar-refractivity contribution < 1.29 is 23.8 Å². The van der Waals surface area contributed by atoms with E-state index in [0.29, 0.717) is 25.9 Å². The molecule has 0 aliphatic carbocycles. The van der Waals surface area contributed by atoms with Crippen LogP contribution < -0.4 is 15.0 Å². The molecule has 1 unspecified atom stereocenters. The van der Waals surface area contributed by atoms with Crippen LogP contribution in [0.3, 0.4) is 0 Å². The molecule has 1 fully saturated rings. The number of carboxylic acid groups (broad SMARTS) is 1. The summed E-state index contributed by atoms with van der Waals surface area (Å²) in [6.07, 6.45) is 5.99. The van der Waals surface area contributed by atoms with Crippen LogP contribution in [0.25, 0.3) is 0 Å². The van der Waals surface area contributed by atoms with Gasteiger partial charge in [0.1, 0.15) is 5.82 Å². The summed E-state index contributed by atoms with van der Waals surface area (Å²) in [5, 5.41) is 12.0. The maximum atomic E-state index is 13.9. The monoisotopic (exact) mass is 388 g/mol. The third-order valence-corrected chi connectivity index (χ3v) is 4.78. The third-order valence-electron chi connectivity index (χ3n) is 4.78. The number of carboxylic acids is 1. The van der Waals surface area contributed by atoms with Gasteiger partial charge in [-0.2, -0.15) is 0 Å². The van der Waals surface area contributed by atoms with Crippen molar-refractivity contribution >= 4 is 17.7 Å². The van der Waals surface area contributed by atoms with Crippen LogP contribution in [0.15, 0.2) is 36.8 Å². The van der Waals surface area contributed by atoms with Crippen LogP contribution in [-0.4, -0.2) is 47.2 Å². The van der Waals surface area contributed by atoms with E-state index < -0.39 is 17.8 Å². The average Bonchev–Trinajstić information content (AvgIpc) is 2.72. The first kappa shape index (κ1) is 19.5. The lowest BCUT2D eigenvalue weighted by Gasteiger charge is -2.32. The Morgan fingerprint density at radius 3 is 2.64 bits per heavy atom. The van der Waals surface area contributed by atoms with Crippen molar-refractivity contribution in [1.82, 2.24) is 15.3 Å². The van der Waals surface area contributed by atoms with Gasteiger partial charge in [0.2, 0.25) is 5.91 Å². The Morgan fingerprint density at radius 2 is 2.07 bits per heavy atom. The number of halogens is 1. The van der Waals surface area contributed by atoms with Gasteiger partial charge in [-0.3, -0.25) is 9.78 Å². The van der Waals surface area contributed by atoms with Gasteiger partial charge in [-0.25, -0.2) is 14.2 Å². The predicted molar refractivity (Wildman–Crippen MR) is 98.4 cm³/mol. The fourth-order valence-corrected chi connectivity index (χ4v) is 3.24. The van der Waals surface area contributed by atoms with Crippen molar-refractivity contribution in [2.24, 2.45) is 5.92 Å². The van der Waals surface area contributed by atoms with Crippen molar-refractivity contribution in [3.05, 3.63) is 48.2 Å². The molecule has 1 aromatic carbocycles. The molecule has 1 amide bonds. The van der Waals surface area contributed by atoms with Gasteiger partial charge in [-0.15, -0.1) is 0 Å². The Kier molecular flexibility index (Phi) is 6.03. The number of hydrogen-bond donors (Lipinski definition) is 2. The number of rotatable bonds is 6. The smallest absolute Gasteiger partial charge is 0.330 e. The second-order valence-corrected chi connectivity index (χ2v) is 6.50. The van der Waals surface area contributed by atoms with Crippen LogP contribution in [0.4, 0.5) is 10.2 Å². The van der Waals surface area contributed by atoms with E-state index in [1.807, 2.05) is 4.90 Å². The van der Waals surface area contributed by atoms with E-state index in [4.69, 9.17) is 4.74 Å². The van der Waals surface area contributed by atoms with Crippen molar-refractivity contribution in [3.8, 4) is 5.75 Å². The highest BCUT2D eigenvalue weighted by atomic mass is 19.1. The normalized spacial score (nSPS) is 15.7. The zero-order chi connectivity index (χ0) is 20.1. The molecule has 28 heavy (non-hydrogen) atoms. The molecule has 1 aliphatic rings. The topological polar surface area (TPSA) is 105 Å². The lowest BCUT2D eigenvalue weighted by Crippen LogP contribution is -2.43. The van der Waals surface area contributed by atoms with Crippen molar-refractivity contribution in [1.29, 1.82) is 0 Å². The molecular formula is C19H21FN4O4. The van der Waals surface area contributed by atoms with E-state index >= 15 is 0 Å². The Labute approximate surface area is 161 Å². The van der Waals surface area contributed by atoms with Crippen molar-refractivity contribution in [2.75, 3.05) is 25.1 Å². The van der Waals surface area contributed by atoms with Gasteiger partial charge in [0, 0.05) is 31.4 Å². The van der Waals surface area contributed by atoms with Crippen LogP contribution in [0.1, 0.15) is 24.4 Å². The zero-order valence-corrected chi connectivity index (χ0v) is 15.3. The number of ether oxygens (including phenoxy) is 1. The molecular weight excluding hydrogens is 367 g/mol. The first-order chi connectivity index (χ1) is 13.5. The number of piperidine rings is 1. The molecule has 0 bridgehead atoms. The summed E-state index contributed by atoms with van der Waals surface area (Å²) in [7, 11) is 1.32. The van der Waals surface area contributed by atoms with E-state index in [9.17, 15) is 19.1 Å². The van der Waals surface area contributed by atoms with Gasteiger partial charge in [0.05, 0.1) is 13.3 Å².